The Hall–Kier alpha value is -1.40. The van der Waals surface area contributed by atoms with Crippen LogP contribution in [0.15, 0.2) is 17.1 Å². The molecule has 0 atom stereocenters. The van der Waals surface area contributed by atoms with E-state index in [0.29, 0.717) is 6.54 Å². The van der Waals surface area contributed by atoms with Crippen LogP contribution in [0.1, 0.15) is 13.3 Å². The van der Waals surface area contributed by atoms with Crippen LogP contribution in [-0.4, -0.2) is 62.0 Å². The van der Waals surface area contributed by atoms with E-state index in [4.69, 9.17) is 0 Å². The molecular weight excluding hydrogens is 254 g/mol. The van der Waals surface area contributed by atoms with Crippen LogP contribution in [0.3, 0.4) is 0 Å². The fourth-order valence-corrected chi connectivity index (χ4v) is 1.88. The minimum absolute atomic E-state index is 0.0418. The maximum absolute atomic E-state index is 12.0. The second-order valence-corrected chi connectivity index (χ2v) is 5.25. The van der Waals surface area contributed by atoms with Crippen LogP contribution in [0.25, 0.3) is 0 Å². The summed E-state index contributed by atoms with van der Waals surface area (Å²) in [6, 6.07) is 1.66. The lowest BCUT2D eigenvalue weighted by Crippen LogP contribution is -2.32. The molecule has 6 heteroatoms. The molecule has 6 nitrogen and oxygen atoms in total. The minimum atomic E-state index is -0.0418. The zero-order chi connectivity index (χ0) is 15.0. The summed E-state index contributed by atoms with van der Waals surface area (Å²) in [6.45, 7) is 6.30. The highest BCUT2D eigenvalue weighted by atomic mass is 16.1. The molecular formula is C14H27N5O. The third-order valence-corrected chi connectivity index (χ3v) is 3.09. The number of hydrogen-bond donors (Lipinski definition) is 1. The number of nitrogens with one attached hydrogen (secondary N) is 1. The summed E-state index contributed by atoms with van der Waals surface area (Å²) in [5, 5.41) is 7.52. The zero-order valence-corrected chi connectivity index (χ0v) is 13.1. The van der Waals surface area contributed by atoms with Crippen LogP contribution < -0.4 is 15.8 Å². The largest absolute Gasteiger partial charge is 0.373 e. The monoisotopic (exact) mass is 281 g/mol. The number of hydrogen-bond acceptors (Lipinski definition) is 5. The molecule has 0 saturated carbocycles. The summed E-state index contributed by atoms with van der Waals surface area (Å²) in [7, 11) is 6.06. The van der Waals surface area contributed by atoms with Crippen LogP contribution in [0.4, 0.5) is 5.69 Å². The fraction of sp³-hybridized carbons (Fsp3) is 0.714. The summed E-state index contributed by atoms with van der Waals surface area (Å²) in [4.78, 5) is 16.1. The normalized spacial score (nSPS) is 11.1. The first-order valence-corrected chi connectivity index (χ1v) is 7.18. The number of nitrogens with zero attached hydrogens (tertiary/aromatic N) is 4. The van der Waals surface area contributed by atoms with E-state index in [1.165, 1.54) is 4.68 Å². The molecule has 20 heavy (non-hydrogen) atoms. The van der Waals surface area contributed by atoms with Gasteiger partial charge < -0.3 is 15.1 Å². The van der Waals surface area contributed by atoms with Crippen LogP contribution in [0, 0.1) is 0 Å². The first kappa shape index (κ1) is 16.7. The molecule has 1 rings (SSSR count). The Bertz CT molecular complexity index is 443. The van der Waals surface area contributed by atoms with E-state index in [-0.39, 0.29) is 5.56 Å². The molecule has 1 heterocycles. The number of rotatable bonds is 9. The Kier molecular flexibility index (Phi) is 7.25. The number of aromatic nitrogens is 2. The van der Waals surface area contributed by atoms with Gasteiger partial charge in [0.05, 0.1) is 18.4 Å². The molecule has 0 spiro atoms. The van der Waals surface area contributed by atoms with Crippen molar-refractivity contribution < 1.29 is 0 Å². The molecule has 1 aromatic rings. The lowest BCUT2D eigenvalue weighted by molar-refractivity contribution is 0.395. The van der Waals surface area contributed by atoms with Crippen molar-refractivity contribution in [2.45, 2.75) is 19.9 Å². The van der Waals surface area contributed by atoms with Gasteiger partial charge in [-0.15, -0.1) is 0 Å². The lowest BCUT2D eigenvalue weighted by Gasteiger charge is -2.18. The Morgan fingerprint density at radius 1 is 1.25 bits per heavy atom. The molecule has 0 aliphatic rings. The fourth-order valence-electron chi connectivity index (χ4n) is 1.88. The minimum Gasteiger partial charge on any atom is -0.373 e. The van der Waals surface area contributed by atoms with Gasteiger partial charge in [0.1, 0.15) is 0 Å². The highest BCUT2D eigenvalue weighted by Gasteiger charge is 2.03. The molecule has 1 aromatic heterocycles. The van der Waals surface area contributed by atoms with Gasteiger partial charge in [-0.05, 0) is 20.5 Å². The average Bonchev–Trinajstić information content (AvgIpc) is 2.39. The summed E-state index contributed by atoms with van der Waals surface area (Å²) in [5.74, 6) is 0. The van der Waals surface area contributed by atoms with E-state index in [2.05, 4.69) is 22.2 Å². The van der Waals surface area contributed by atoms with Crippen molar-refractivity contribution in [2.75, 3.05) is 52.2 Å². The predicted molar refractivity (Wildman–Crippen MR) is 83.5 cm³/mol. The van der Waals surface area contributed by atoms with Crippen molar-refractivity contribution in [1.82, 2.24) is 20.0 Å². The summed E-state index contributed by atoms with van der Waals surface area (Å²) in [6.07, 6.45) is 2.81. The van der Waals surface area contributed by atoms with E-state index in [0.717, 1.165) is 38.3 Å². The van der Waals surface area contributed by atoms with Gasteiger partial charge in [0, 0.05) is 39.3 Å². The molecule has 0 aliphatic carbocycles. The molecule has 1 N–H and O–H groups in total. The summed E-state index contributed by atoms with van der Waals surface area (Å²) in [5.41, 5.74) is 0.841. The van der Waals surface area contributed by atoms with Crippen molar-refractivity contribution in [1.29, 1.82) is 0 Å². The van der Waals surface area contributed by atoms with Crippen LogP contribution in [-0.2, 0) is 6.54 Å². The van der Waals surface area contributed by atoms with Crippen molar-refractivity contribution in [3.8, 4) is 0 Å². The Labute approximate surface area is 121 Å². The quantitative estimate of drug-likeness (QED) is 0.657. The van der Waals surface area contributed by atoms with E-state index < -0.39 is 0 Å². The van der Waals surface area contributed by atoms with Gasteiger partial charge in [-0.3, -0.25) is 4.79 Å². The lowest BCUT2D eigenvalue weighted by atomic mass is 10.3. The second-order valence-electron chi connectivity index (χ2n) is 5.25. The maximum atomic E-state index is 12.0. The topological polar surface area (TPSA) is 53.4 Å². The SMILES string of the molecule is CCCN(C)c1cnn(CCNCCN(C)C)c(=O)c1. The van der Waals surface area contributed by atoms with Crippen molar-refractivity contribution in [2.24, 2.45) is 0 Å². The third kappa shape index (κ3) is 5.71. The molecule has 0 aliphatic heterocycles. The summed E-state index contributed by atoms with van der Waals surface area (Å²) < 4.78 is 1.51. The van der Waals surface area contributed by atoms with Crippen molar-refractivity contribution >= 4 is 5.69 Å². The number of likely N-dealkylation sites (N-methyl/N-ethyl adjacent to an activating group) is 1. The van der Waals surface area contributed by atoms with Crippen molar-refractivity contribution in [3.05, 3.63) is 22.6 Å². The molecule has 0 saturated heterocycles. The standard InChI is InChI=1S/C14H27N5O/c1-5-8-18(4)13-11-14(20)19(16-12-13)10-7-15-6-9-17(2)3/h11-12,15H,5-10H2,1-4H3. The van der Waals surface area contributed by atoms with Gasteiger partial charge in [-0.1, -0.05) is 6.92 Å². The maximum Gasteiger partial charge on any atom is 0.268 e. The molecule has 0 radical (unpaired) electrons. The Balaban J connectivity index is 2.46. The third-order valence-electron chi connectivity index (χ3n) is 3.09. The van der Waals surface area contributed by atoms with Crippen molar-refractivity contribution in [3.63, 3.8) is 0 Å². The van der Waals surface area contributed by atoms with Gasteiger partial charge in [0.15, 0.2) is 0 Å². The van der Waals surface area contributed by atoms with E-state index in [1.54, 1.807) is 12.3 Å². The zero-order valence-electron chi connectivity index (χ0n) is 13.1. The van der Waals surface area contributed by atoms with Crippen LogP contribution >= 0.6 is 0 Å². The van der Waals surface area contributed by atoms with E-state index in [9.17, 15) is 4.79 Å². The van der Waals surface area contributed by atoms with Gasteiger partial charge in [-0.2, -0.15) is 5.10 Å². The van der Waals surface area contributed by atoms with Crippen LogP contribution in [0.2, 0.25) is 0 Å². The van der Waals surface area contributed by atoms with Crippen LogP contribution in [0.5, 0.6) is 0 Å². The highest BCUT2D eigenvalue weighted by molar-refractivity contribution is 5.41. The first-order valence-electron chi connectivity index (χ1n) is 7.18. The molecule has 0 unspecified atom stereocenters. The number of anilines is 1. The first-order chi connectivity index (χ1) is 9.54. The smallest absolute Gasteiger partial charge is 0.268 e. The molecule has 0 bridgehead atoms. The van der Waals surface area contributed by atoms with Gasteiger partial charge >= 0.3 is 0 Å². The Morgan fingerprint density at radius 3 is 2.60 bits per heavy atom. The van der Waals surface area contributed by atoms with Gasteiger partial charge in [-0.25, -0.2) is 4.68 Å². The Morgan fingerprint density at radius 2 is 2.00 bits per heavy atom. The second kappa shape index (κ2) is 8.71. The highest BCUT2D eigenvalue weighted by Crippen LogP contribution is 2.06. The van der Waals surface area contributed by atoms with Gasteiger partial charge in [0.25, 0.3) is 5.56 Å². The summed E-state index contributed by atoms with van der Waals surface area (Å²) >= 11 is 0. The van der Waals surface area contributed by atoms with Gasteiger partial charge in [0.2, 0.25) is 0 Å². The molecule has 0 fully saturated rings. The van der Waals surface area contributed by atoms with E-state index >= 15 is 0 Å². The molecule has 0 aromatic carbocycles. The average molecular weight is 281 g/mol. The molecule has 114 valence electrons. The van der Waals surface area contributed by atoms with E-state index in [1.807, 2.05) is 26.0 Å². The molecule has 0 amide bonds. The predicted octanol–water partition coefficient (Wildman–Crippen LogP) is 0.241.